The molecule has 1 amide bonds. The average molecular weight is 439 g/mol. The van der Waals surface area contributed by atoms with Crippen LogP contribution < -0.4 is 5.32 Å². The number of halogens is 1. The van der Waals surface area contributed by atoms with Gasteiger partial charge in [0, 0.05) is 24.2 Å². The van der Waals surface area contributed by atoms with E-state index in [2.05, 4.69) is 25.1 Å². The molecule has 0 unspecified atom stereocenters. The summed E-state index contributed by atoms with van der Waals surface area (Å²) in [5, 5.41) is 11.2. The van der Waals surface area contributed by atoms with Crippen molar-refractivity contribution in [3.8, 4) is 11.4 Å². The predicted molar refractivity (Wildman–Crippen MR) is 117 cm³/mol. The first kappa shape index (κ1) is 21.7. The van der Waals surface area contributed by atoms with Crippen molar-refractivity contribution in [1.29, 1.82) is 0 Å². The molecule has 1 aliphatic heterocycles. The zero-order chi connectivity index (χ0) is 22.8. The number of nitrogens with zero attached hydrogens (tertiary/aromatic N) is 3. The summed E-state index contributed by atoms with van der Waals surface area (Å²) in [6.45, 7) is 4.34. The highest BCUT2D eigenvalue weighted by Crippen LogP contribution is 2.28. The summed E-state index contributed by atoms with van der Waals surface area (Å²) in [6.07, 6.45) is 4.63. The molecule has 1 aliphatic rings. The largest absolute Gasteiger partial charge is 0.465 e. The van der Waals surface area contributed by atoms with Crippen molar-refractivity contribution in [2.45, 2.75) is 52.5 Å². The molecular formula is C23H26FN5O3. The third-order valence-corrected chi connectivity index (χ3v) is 5.88. The van der Waals surface area contributed by atoms with E-state index in [0.717, 1.165) is 38.1 Å². The van der Waals surface area contributed by atoms with Gasteiger partial charge < -0.3 is 19.6 Å². The van der Waals surface area contributed by atoms with E-state index >= 15 is 0 Å². The van der Waals surface area contributed by atoms with Gasteiger partial charge in [-0.05, 0) is 49.9 Å². The van der Waals surface area contributed by atoms with E-state index in [1.807, 2.05) is 6.92 Å². The van der Waals surface area contributed by atoms with E-state index in [1.165, 1.54) is 13.2 Å². The number of methoxy groups -OCH3 is 1. The second kappa shape index (κ2) is 8.94. The normalized spacial score (nSPS) is 13.4. The first-order valence-electron chi connectivity index (χ1n) is 10.8. The Balaban J connectivity index is 1.65. The van der Waals surface area contributed by atoms with Gasteiger partial charge in [0.05, 0.1) is 18.4 Å². The Bertz CT molecular complexity index is 1180. The monoisotopic (exact) mass is 439 g/mol. The maximum atomic E-state index is 14.6. The summed E-state index contributed by atoms with van der Waals surface area (Å²) >= 11 is 0. The van der Waals surface area contributed by atoms with Crippen molar-refractivity contribution in [2.24, 2.45) is 0 Å². The summed E-state index contributed by atoms with van der Waals surface area (Å²) in [4.78, 5) is 28.1. The maximum Gasteiger partial charge on any atom is 0.339 e. The van der Waals surface area contributed by atoms with Crippen molar-refractivity contribution >= 4 is 17.6 Å². The van der Waals surface area contributed by atoms with Crippen LogP contribution in [0.1, 0.15) is 64.1 Å². The molecule has 3 heterocycles. The minimum Gasteiger partial charge on any atom is -0.465 e. The third kappa shape index (κ3) is 3.90. The summed E-state index contributed by atoms with van der Waals surface area (Å²) < 4.78 is 21.5. The Morgan fingerprint density at radius 1 is 1.25 bits per heavy atom. The van der Waals surface area contributed by atoms with Crippen molar-refractivity contribution in [2.75, 3.05) is 12.4 Å². The fourth-order valence-electron chi connectivity index (χ4n) is 4.17. The molecule has 0 spiro atoms. The number of amides is 1. The summed E-state index contributed by atoms with van der Waals surface area (Å²) in [5.74, 6) is -0.0313. The van der Waals surface area contributed by atoms with E-state index in [1.54, 1.807) is 19.1 Å². The van der Waals surface area contributed by atoms with Crippen LogP contribution in [-0.2, 0) is 24.1 Å². The quantitative estimate of drug-likeness (QED) is 0.584. The van der Waals surface area contributed by atoms with Crippen LogP contribution in [0.25, 0.3) is 11.4 Å². The second-order valence-electron chi connectivity index (χ2n) is 7.87. The van der Waals surface area contributed by atoms with E-state index in [9.17, 15) is 14.0 Å². The molecule has 2 N–H and O–H groups in total. The van der Waals surface area contributed by atoms with Crippen LogP contribution in [0.3, 0.4) is 0 Å². The number of benzene rings is 1. The van der Waals surface area contributed by atoms with Gasteiger partial charge in [-0.2, -0.15) is 0 Å². The highest BCUT2D eigenvalue weighted by Gasteiger charge is 2.24. The van der Waals surface area contributed by atoms with Gasteiger partial charge in [-0.1, -0.05) is 13.3 Å². The number of hydrogen-bond acceptors (Lipinski definition) is 5. The molecule has 0 atom stereocenters. The zero-order valence-electron chi connectivity index (χ0n) is 18.4. The van der Waals surface area contributed by atoms with Crippen molar-refractivity contribution in [3.63, 3.8) is 0 Å². The molecule has 3 aromatic rings. The van der Waals surface area contributed by atoms with Gasteiger partial charge in [-0.15, -0.1) is 10.2 Å². The highest BCUT2D eigenvalue weighted by molar-refractivity contribution is 6.07. The number of aromatic nitrogens is 4. The SMILES string of the molecule is CCc1[nH]c(C(=O)Nc2cc(-c3nnc4n3CCCCC4)ccc2F)c(C)c1C(=O)OC. The molecule has 168 valence electrons. The number of H-pyrrole nitrogens is 1. The Morgan fingerprint density at radius 3 is 2.81 bits per heavy atom. The Morgan fingerprint density at radius 2 is 2.06 bits per heavy atom. The van der Waals surface area contributed by atoms with Crippen LogP contribution in [0.4, 0.5) is 10.1 Å². The lowest BCUT2D eigenvalue weighted by Crippen LogP contribution is -2.15. The van der Waals surface area contributed by atoms with Crippen LogP contribution in [0.15, 0.2) is 18.2 Å². The molecular weight excluding hydrogens is 413 g/mol. The summed E-state index contributed by atoms with van der Waals surface area (Å²) in [7, 11) is 1.29. The van der Waals surface area contributed by atoms with Crippen molar-refractivity contribution in [1.82, 2.24) is 19.7 Å². The number of carbonyl (C=O) groups excluding carboxylic acids is 2. The third-order valence-electron chi connectivity index (χ3n) is 5.88. The van der Waals surface area contributed by atoms with Gasteiger partial charge in [0.1, 0.15) is 17.3 Å². The molecule has 2 aromatic heterocycles. The van der Waals surface area contributed by atoms with E-state index in [0.29, 0.717) is 34.6 Å². The predicted octanol–water partition coefficient (Wildman–Crippen LogP) is 4.05. The van der Waals surface area contributed by atoms with Gasteiger partial charge >= 0.3 is 5.97 Å². The van der Waals surface area contributed by atoms with Crippen LogP contribution in [0.2, 0.25) is 0 Å². The van der Waals surface area contributed by atoms with E-state index in [4.69, 9.17) is 4.74 Å². The molecule has 0 saturated carbocycles. The topological polar surface area (TPSA) is 102 Å². The first-order chi connectivity index (χ1) is 15.4. The number of aryl methyl sites for hydroxylation is 2. The van der Waals surface area contributed by atoms with Gasteiger partial charge in [-0.25, -0.2) is 9.18 Å². The Hall–Kier alpha value is -3.49. The minimum atomic E-state index is -0.564. The number of ether oxygens (including phenoxy) is 1. The van der Waals surface area contributed by atoms with Gasteiger partial charge in [0.15, 0.2) is 5.82 Å². The molecule has 0 fully saturated rings. The fraction of sp³-hybridized carbons (Fsp3) is 0.391. The molecule has 0 aliphatic carbocycles. The summed E-state index contributed by atoms with van der Waals surface area (Å²) in [6, 6.07) is 4.51. The number of nitrogens with one attached hydrogen (secondary N) is 2. The van der Waals surface area contributed by atoms with Gasteiger partial charge in [0.25, 0.3) is 5.91 Å². The molecule has 1 aromatic carbocycles. The zero-order valence-corrected chi connectivity index (χ0v) is 18.4. The van der Waals surface area contributed by atoms with Crippen LogP contribution in [-0.4, -0.2) is 38.7 Å². The lowest BCUT2D eigenvalue weighted by Gasteiger charge is -2.10. The molecule has 9 heteroatoms. The highest BCUT2D eigenvalue weighted by atomic mass is 19.1. The van der Waals surface area contributed by atoms with Crippen molar-refractivity contribution < 1.29 is 18.7 Å². The van der Waals surface area contributed by atoms with Crippen LogP contribution in [0.5, 0.6) is 0 Å². The van der Waals surface area contributed by atoms with E-state index in [-0.39, 0.29) is 11.4 Å². The number of carbonyl (C=O) groups is 2. The average Bonchev–Trinajstić information content (AvgIpc) is 3.26. The smallest absolute Gasteiger partial charge is 0.339 e. The standard InChI is InChI=1S/C23H26FN5O3/c1-4-16-19(23(31)32-3)13(2)20(25-16)22(30)26-17-12-14(9-10-15(17)24)21-28-27-18-8-6-5-7-11-29(18)21/h9-10,12,25H,4-8,11H2,1-3H3,(H,26,30). The number of aromatic amines is 1. The van der Waals surface area contributed by atoms with Crippen LogP contribution in [0, 0.1) is 12.7 Å². The number of anilines is 1. The maximum absolute atomic E-state index is 14.6. The minimum absolute atomic E-state index is 0.0325. The Kier molecular flexibility index (Phi) is 6.07. The lowest BCUT2D eigenvalue weighted by atomic mass is 10.1. The Labute approximate surface area is 185 Å². The van der Waals surface area contributed by atoms with Gasteiger partial charge in [-0.3, -0.25) is 4.79 Å². The molecule has 0 saturated heterocycles. The van der Waals surface area contributed by atoms with Crippen molar-refractivity contribution in [3.05, 3.63) is 52.4 Å². The molecule has 0 radical (unpaired) electrons. The number of esters is 1. The van der Waals surface area contributed by atoms with Crippen LogP contribution >= 0.6 is 0 Å². The van der Waals surface area contributed by atoms with Gasteiger partial charge in [0.2, 0.25) is 0 Å². The lowest BCUT2D eigenvalue weighted by molar-refractivity contribution is 0.0599. The second-order valence-corrected chi connectivity index (χ2v) is 7.87. The van der Waals surface area contributed by atoms with E-state index < -0.39 is 17.7 Å². The molecule has 32 heavy (non-hydrogen) atoms. The molecule has 4 rings (SSSR count). The fourth-order valence-corrected chi connectivity index (χ4v) is 4.17. The number of rotatable bonds is 5. The molecule has 0 bridgehead atoms. The number of hydrogen-bond donors (Lipinski definition) is 2. The summed E-state index contributed by atoms with van der Waals surface area (Å²) in [5.41, 5.74) is 2.30. The first-order valence-corrected chi connectivity index (χ1v) is 10.8. The number of fused-ring (bicyclic) bond motifs is 1. The molecule has 8 nitrogen and oxygen atoms in total.